The number of nitrogens with two attached hydrogens (primary N) is 1. The molecule has 1 fully saturated rings. The molecule has 2 N–H and O–H groups in total. The second-order valence-corrected chi connectivity index (χ2v) is 8.29. The number of ether oxygens (including phenoxy) is 2. The van der Waals surface area contributed by atoms with E-state index in [4.69, 9.17) is 15.2 Å². The van der Waals surface area contributed by atoms with Crippen molar-refractivity contribution in [3.05, 3.63) is 108 Å². The molecule has 1 aliphatic rings. The maximum Gasteiger partial charge on any atom is 0.410 e. The van der Waals surface area contributed by atoms with Gasteiger partial charge in [0.05, 0.1) is 19.3 Å². The summed E-state index contributed by atoms with van der Waals surface area (Å²) < 4.78 is 11.7. The Labute approximate surface area is 189 Å². The molecule has 166 valence electrons. The highest BCUT2D eigenvalue weighted by Crippen LogP contribution is 2.40. The van der Waals surface area contributed by atoms with Gasteiger partial charge in [0.25, 0.3) is 0 Å². The molecule has 3 aromatic carbocycles. The van der Waals surface area contributed by atoms with Gasteiger partial charge in [-0.05, 0) is 23.6 Å². The Bertz CT molecular complexity index is 982. The number of hydrogen-bond donors (Lipinski definition) is 1. The van der Waals surface area contributed by atoms with E-state index in [0.29, 0.717) is 13.2 Å². The first kappa shape index (κ1) is 22.1. The molecule has 4 atom stereocenters. The molecule has 0 saturated carbocycles. The molecular formula is C27H30N2O3. The first-order chi connectivity index (χ1) is 15.6. The minimum absolute atomic E-state index is 0.00630. The molecule has 5 nitrogen and oxygen atoms in total. The van der Waals surface area contributed by atoms with E-state index in [9.17, 15) is 4.79 Å². The molecule has 1 amide bonds. The number of likely N-dealkylation sites (tertiary alicyclic amines) is 1. The van der Waals surface area contributed by atoms with Crippen molar-refractivity contribution < 1.29 is 14.3 Å². The van der Waals surface area contributed by atoms with Crippen LogP contribution in [0.3, 0.4) is 0 Å². The predicted molar refractivity (Wildman–Crippen MR) is 125 cm³/mol. The highest BCUT2D eigenvalue weighted by molar-refractivity contribution is 5.70. The quantitative estimate of drug-likeness (QED) is 0.577. The van der Waals surface area contributed by atoms with Crippen LogP contribution in [0.1, 0.15) is 29.7 Å². The smallest absolute Gasteiger partial charge is 0.410 e. The Morgan fingerprint density at radius 2 is 1.38 bits per heavy atom. The molecule has 4 rings (SSSR count). The third kappa shape index (κ3) is 5.01. The summed E-state index contributed by atoms with van der Waals surface area (Å²) in [5.74, 6) is -0.00630. The number of hydrogen-bond acceptors (Lipinski definition) is 4. The van der Waals surface area contributed by atoms with Crippen LogP contribution in [0.4, 0.5) is 4.79 Å². The van der Waals surface area contributed by atoms with Crippen molar-refractivity contribution in [1.29, 1.82) is 0 Å². The molecule has 5 heteroatoms. The van der Waals surface area contributed by atoms with E-state index in [2.05, 4.69) is 0 Å². The molecule has 1 saturated heterocycles. The Hall–Kier alpha value is -3.15. The Morgan fingerprint density at radius 1 is 0.844 bits per heavy atom. The zero-order valence-electron chi connectivity index (χ0n) is 18.3. The van der Waals surface area contributed by atoms with E-state index in [1.807, 2.05) is 97.9 Å². The van der Waals surface area contributed by atoms with E-state index in [0.717, 1.165) is 16.7 Å². The van der Waals surface area contributed by atoms with E-state index in [1.165, 1.54) is 0 Å². The van der Waals surface area contributed by atoms with Crippen LogP contribution >= 0.6 is 0 Å². The van der Waals surface area contributed by atoms with E-state index in [1.54, 1.807) is 4.90 Å². The van der Waals surface area contributed by atoms with Crippen molar-refractivity contribution >= 4 is 6.09 Å². The minimum atomic E-state index is -0.351. The zero-order valence-corrected chi connectivity index (χ0v) is 18.3. The number of rotatable bonds is 7. The topological polar surface area (TPSA) is 64.8 Å². The molecule has 0 aliphatic carbocycles. The number of carbonyl (C=O) groups excluding carboxylic acids is 1. The summed E-state index contributed by atoms with van der Waals surface area (Å²) in [6.45, 7) is 3.26. The first-order valence-corrected chi connectivity index (χ1v) is 11.1. The molecule has 3 aromatic rings. The molecule has 0 bridgehead atoms. The van der Waals surface area contributed by atoms with Crippen LogP contribution in [0.2, 0.25) is 0 Å². The van der Waals surface area contributed by atoms with Crippen LogP contribution in [0.15, 0.2) is 91.0 Å². The lowest BCUT2D eigenvalue weighted by molar-refractivity contribution is 0.0594. The molecule has 0 aromatic heterocycles. The molecular weight excluding hydrogens is 400 g/mol. The summed E-state index contributed by atoms with van der Waals surface area (Å²) in [5, 5.41) is 0. The fourth-order valence-corrected chi connectivity index (χ4v) is 4.44. The third-order valence-corrected chi connectivity index (χ3v) is 6.20. The molecule has 1 aliphatic heterocycles. The van der Waals surface area contributed by atoms with Crippen LogP contribution in [0.25, 0.3) is 0 Å². The Morgan fingerprint density at radius 3 is 1.97 bits per heavy atom. The van der Waals surface area contributed by atoms with Gasteiger partial charge in [-0.25, -0.2) is 4.79 Å². The summed E-state index contributed by atoms with van der Waals surface area (Å²) in [6, 6.07) is 29.1. The van der Waals surface area contributed by atoms with Gasteiger partial charge in [-0.2, -0.15) is 0 Å². The number of nitrogens with zero attached hydrogens (tertiary/aromatic N) is 1. The molecule has 0 unspecified atom stereocenters. The minimum Gasteiger partial charge on any atom is -0.445 e. The second kappa shape index (κ2) is 10.4. The van der Waals surface area contributed by atoms with E-state index < -0.39 is 0 Å². The highest BCUT2D eigenvalue weighted by Gasteiger charge is 2.48. The maximum atomic E-state index is 13.2. The van der Waals surface area contributed by atoms with Gasteiger partial charge in [0.1, 0.15) is 6.61 Å². The Kier molecular flexibility index (Phi) is 7.20. The van der Waals surface area contributed by atoms with Crippen LogP contribution in [0, 0.1) is 5.92 Å². The SMILES string of the molecule is C[C@@H]1[C@@H](COCc2ccccc2)[C@H](N)[C@H](c2ccccc2)N1C(=O)OCc1ccccc1. The lowest BCUT2D eigenvalue weighted by Gasteiger charge is -2.29. The number of benzene rings is 3. The lowest BCUT2D eigenvalue weighted by atomic mass is 9.92. The fourth-order valence-electron chi connectivity index (χ4n) is 4.44. The van der Waals surface area contributed by atoms with Gasteiger partial charge in [0.15, 0.2) is 0 Å². The molecule has 1 heterocycles. The van der Waals surface area contributed by atoms with Crippen molar-refractivity contribution in [2.24, 2.45) is 11.7 Å². The maximum absolute atomic E-state index is 13.2. The van der Waals surface area contributed by atoms with Crippen LogP contribution in [-0.2, 0) is 22.7 Å². The van der Waals surface area contributed by atoms with Gasteiger partial charge in [0.2, 0.25) is 0 Å². The number of carbonyl (C=O) groups is 1. The third-order valence-electron chi connectivity index (χ3n) is 6.20. The first-order valence-electron chi connectivity index (χ1n) is 11.1. The summed E-state index contributed by atoms with van der Waals surface area (Å²) in [7, 11) is 0. The summed E-state index contributed by atoms with van der Waals surface area (Å²) in [5.41, 5.74) is 9.81. The van der Waals surface area contributed by atoms with Gasteiger partial charge in [-0.3, -0.25) is 4.90 Å². The molecule has 0 spiro atoms. The largest absolute Gasteiger partial charge is 0.445 e. The number of amides is 1. The van der Waals surface area contributed by atoms with Crippen LogP contribution < -0.4 is 5.73 Å². The van der Waals surface area contributed by atoms with Crippen molar-refractivity contribution in [2.45, 2.75) is 38.3 Å². The van der Waals surface area contributed by atoms with E-state index in [-0.39, 0.29) is 36.7 Å². The van der Waals surface area contributed by atoms with Gasteiger partial charge in [-0.15, -0.1) is 0 Å². The van der Waals surface area contributed by atoms with Gasteiger partial charge in [-0.1, -0.05) is 91.0 Å². The van der Waals surface area contributed by atoms with Gasteiger partial charge in [0, 0.05) is 18.0 Å². The molecule has 0 radical (unpaired) electrons. The van der Waals surface area contributed by atoms with Crippen LogP contribution in [0.5, 0.6) is 0 Å². The van der Waals surface area contributed by atoms with Crippen molar-refractivity contribution in [3.8, 4) is 0 Å². The summed E-state index contributed by atoms with van der Waals surface area (Å²) in [4.78, 5) is 15.0. The normalized spacial score (nSPS) is 22.6. The van der Waals surface area contributed by atoms with E-state index >= 15 is 0 Å². The average molecular weight is 431 g/mol. The zero-order chi connectivity index (χ0) is 22.3. The summed E-state index contributed by atoms with van der Waals surface area (Å²) in [6.07, 6.45) is -0.351. The Balaban J connectivity index is 1.48. The predicted octanol–water partition coefficient (Wildman–Crippen LogP) is 4.93. The van der Waals surface area contributed by atoms with Gasteiger partial charge >= 0.3 is 6.09 Å². The van der Waals surface area contributed by atoms with Crippen molar-refractivity contribution in [1.82, 2.24) is 4.90 Å². The lowest BCUT2D eigenvalue weighted by Crippen LogP contribution is -2.39. The van der Waals surface area contributed by atoms with Crippen LogP contribution in [-0.4, -0.2) is 29.7 Å². The van der Waals surface area contributed by atoms with Crippen molar-refractivity contribution in [3.63, 3.8) is 0 Å². The monoisotopic (exact) mass is 430 g/mol. The second-order valence-electron chi connectivity index (χ2n) is 8.29. The fraction of sp³-hybridized carbons (Fsp3) is 0.296. The highest BCUT2D eigenvalue weighted by atomic mass is 16.6. The van der Waals surface area contributed by atoms with Gasteiger partial charge < -0.3 is 15.2 Å². The van der Waals surface area contributed by atoms with Crippen molar-refractivity contribution in [2.75, 3.05) is 6.61 Å². The summed E-state index contributed by atoms with van der Waals surface area (Å²) >= 11 is 0. The average Bonchev–Trinajstić information content (AvgIpc) is 3.09. The molecule has 32 heavy (non-hydrogen) atoms. The standard InChI is InChI=1S/C27H30N2O3/c1-20-24(19-31-17-21-11-5-2-6-12-21)25(28)26(23-15-9-4-10-16-23)29(20)27(30)32-18-22-13-7-3-8-14-22/h2-16,20,24-26H,17-19,28H2,1H3/t20-,24-,25+,26+/m1/s1.